The molecule has 0 spiro atoms. The Bertz CT molecular complexity index is 2560. The van der Waals surface area contributed by atoms with Crippen LogP contribution < -0.4 is 16.0 Å². The molecule has 26 heteroatoms. The molecule has 5 N–H and O–H groups in total. The first-order chi connectivity index (χ1) is 35.3. The van der Waals surface area contributed by atoms with Crippen molar-refractivity contribution in [3.8, 4) is 0 Å². The number of nitrogens with one attached hydrogen (secondary N) is 3. The topological polar surface area (TPSA) is 266 Å². The summed E-state index contributed by atoms with van der Waals surface area (Å²) in [5.41, 5.74) is 3.18. The van der Waals surface area contributed by atoms with Crippen molar-refractivity contribution in [2.24, 2.45) is 5.92 Å². The number of aromatic nitrogens is 2. The first kappa shape index (κ1) is 63.5. The van der Waals surface area contributed by atoms with Crippen LogP contribution in [0.1, 0.15) is 127 Å². The van der Waals surface area contributed by atoms with Gasteiger partial charge < -0.3 is 52.4 Å². The predicted octanol–water partition coefficient (Wildman–Crippen LogP) is 6.10. The van der Waals surface area contributed by atoms with E-state index in [-0.39, 0.29) is 69.5 Å². The Morgan fingerprint density at radius 2 is 1.63 bits per heavy atom. The summed E-state index contributed by atoms with van der Waals surface area (Å²) in [6.07, 6.45) is 9.34. The third-order valence-electron chi connectivity index (χ3n) is 12.5. The number of unbranched alkanes of at least 4 members (excludes halogenated alkanes) is 3. The van der Waals surface area contributed by atoms with Crippen LogP contribution in [-0.4, -0.2) is 148 Å². The largest absolute Gasteiger partial charge is 0.748 e. The Hall–Kier alpha value is -4.07. The first-order valence-electron chi connectivity index (χ1n) is 25.7. The molecule has 2 unspecified atom stereocenters. The van der Waals surface area contributed by atoms with Crippen LogP contribution in [0.3, 0.4) is 0 Å². The van der Waals surface area contributed by atoms with Gasteiger partial charge in [-0.05, 0) is 85.2 Å². The second-order valence-electron chi connectivity index (χ2n) is 20.0. The molecule has 75 heavy (non-hydrogen) atoms. The summed E-state index contributed by atoms with van der Waals surface area (Å²) in [4.78, 5) is 87.6. The number of rotatable bonds is 37. The zero-order valence-electron chi connectivity index (χ0n) is 43.7. The van der Waals surface area contributed by atoms with Gasteiger partial charge in [0.15, 0.2) is 11.5 Å². The van der Waals surface area contributed by atoms with E-state index in [4.69, 9.17) is 0 Å². The number of phosphoric ester groups is 1. The molecule has 2 aliphatic heterocycles. The van der Waals surface area contributed by atoms with Crippen LogP contribution in [-0.2, 0) is 56.0 Å². The van der Waals surface area contributed by atoms with Gasteiger partial charge in [-0.2, -0.15) is 0 Å². The van der Waals surface area contributed by atoms with Crippen molar-refractivity contribution in [2.45, 2.75) is 134 Å². The van der Waals surface area contributed by atoms with Gasteiger partial charge in [-0.1, -0.05) is 50.0 Å². The minimum Gasteiger partial charge on any atom is -0.748 e. The number of pyridine rings is 1. The zero-order chi connectivity index (χ0) is 55.4. The average Bonchev–Trinajstić information content (AvgIpc) is 3.86. The highest BCUT2D eigenvalue weighted by atomic mass is 33.1. The van der Waals surface area contributed by atoms with Gasteiger partial charge in [0.05, 0.1) is 56.1 Å². The fourth-order valence-electron chi connectivity index (χ4n) is 8.95. The minimum absolute atomic E-state index is 0.0800. The summed E-state index contributed by atoms with van der Waals surface area (Å²) in [5.74, 6) is -4.59. The van der Waals surface area contributed by atoms with Gasteiger partial charge in [-0.15, -0.1) is 0 Å². The average molecular weight is 1130 g/mol. The zero-order valence-corrected chi connectivity index (χ0v) is 47.1. The summed E-state index contributed by atoms with van der Waals surface area (Å²) in [7, 11) is -0.794. The number of carbonyl (C=O) groups excluding carboxylic acids is 5. The van der Waals surface area contributed by atoms with Crippen LogP contribution in [0.25, 0.3) is 6.08 Å². The molecule has 2 atom stereocenters. The number of amides is 3. The smallest absolute Gasteiger partial charge is 0.737 e. The molecule has 418 valence electrons. The molecular weight excluding hydrogens is 1050 g/mol. The molecule has 0 fully saturated rings. The summed E-state index contributed by atoms with van der Waals surface area (Å²) in [6.45, 7) is 0.205. The quantitative estimate of drug-likeness (QED) is 0.0128. The normalized spacial score (nSPS) is 15.1. The monoisotopic (exact) mass is 1130 g/mol. The molecule has 0 aromatic carbocycles. The SMILES string of the molecule is CCCC1=CC(CCC(=O)NC(CS(=O)(=O)[O-])C(=O)CCCCCC(=O)CC(COP(=O)(O)O)C(=O)NCCCCC(=O)NCCSSc2ccccn2)=[N+]2C1=Cc1c(CCC)cc(CCC[N+](C)(C)C)n1[B-]2(F)F. The maximum Gasteiger partial charge on any atom is 0.737 e. The fourth-order valence-corrected chi connectivity index (χ4v) is 11.8. The number of phosphoric acid groups is 1. The third kappa shape index (κ3) is 22.1. The van der Waals surface area contributed by atoms with E-state index in [1.807, 2.05) is 65.3 Å². The van der Waals surface area contributed by atoms with E-state index in [9.17, 15) is 51.3 Å². The van der Waals surface area contributed by atoms with Crippen molar-refractivity contribution in [3.05, 3.63) is 64.8 Å². The Balaban J connectivity index is 1.27. The molecule has 0 saturated heterocycles. The van der Waals surface area contributed by atoms with Gasteiger partial charge >= 0.3 is 14.8 Å². The Morgan fingerprint density at radius 3 is 2.29 bits per heavy atom. The number of hydrogen-bond acceptors (Lipinski definition) is 13. The number of carbonyl (C=O) groups is 5. The molecule has 0 bridgehead atoms. The Labute approximate surface area is 448 Å². The molecular formula is C49H75BF2N7O12PS3. The second-order valence-corrected chi connectivity index (χ2v) is 25.1. The van der Waals surface area contributed by atoms with Crippen LogP contribution in [0.4, 0.5) is 8.63 Å². The third-order valence-corrected chi connectivity index (χ3v) is 16.0. The Morgan fingerprint density at radius 1 is 0.907 bits per heavy atom. The Kier molecular flexibility index (Phi) is 25.5. The molecule has 2 aromatic rings. The van der Waals surface area contributed by atoms with E-state index in [0.29, 0.717) is 84.4 Å². The summed E-state index contributed by atoms with van der Waals surface area (Å²) < 4.78 is 88.7. The van der Waals surface area contributed by atoms with Crippen LogP contribution in [0.2, 0.25) is 0 Å². The van der Waals surface area contributed by atoms with Crippen LogP contribution in [0.15, 0.2) is 52.8 Å². The lowest BCUT2D eigenvalue weighted by Crippen LogP contribution is -2.51. The van der Waals surface area contributed by atoms with Crippen LogP contribution in [0, 0.1) is 5.92 Å². The minimum atomic E-state index is -5.01. The van der Waals surface area contributed by atoms with Crippen molar-refractivity contribution >= 4 is 87.6 Å². The molecule has 2 aliphatic rings. The highest BCUT2D eigenvalue weighted by molar-refractivity contribution is 8.76. The predicted molar refractivity (Wildman–Crippen MR) is 287 cm³/mol. The van der Waals surface area contributed by atoms with Crippen molar-refractivity contribution in [3.63, 3.8) is 0 Å². The van der Waals surface area contributed by atoms with E-state index < -0.39 is 79.0 Å². The molecule has 4 rings (SSSR count). The van der Waals surface area contributed by atoms with Crippen molar-refractivity contribution in [1.82, 2.24) is 25.4 Å². The van der Waals surface area contributed by atoms with Gasteiger partial charge in [0.1, 0.15) is 22.6 Å². The van der Waals surface area contributed by atoms with E-state index in [1.54, 1.807) is 23.1 Å². The van der Waals surface area contributed by atoms with Gasteiger partial charge in [-0.25, -0.2) is 18.0 Å². The molecule has 0 radical (unpaired) electrons. The first-order valence-corrected chi connectivity index (χ1v) is 31.1. The number of hydrogen-bond donors (Lipinski definition) is 5. The number of nitrogens with zero attached hydrogens (tertiary/aromatic N) is 4. The lowest BCUT2D eigenvalue weighted by atomic mass is 9.88. The number of aryl methyl sites for hydroxylation is 2. The highest BCUT2D eigenvalue weighted by Crippen LogP contribution is 2.40. The van der Waals surface area contributed by atoms with Gasteiger partial charge in [0.2, 0.25) is 17.7 Å². The summed E-state index contributed by atoms with van der Waals surface area (Å²) >= 11 is 0. The number of allylic oxidation sites excluding steroid dienone is 2. The molecule has 4 heterocycles. The summed E-state index contributed by atoms with van der Waals surface area (Å²) in [5, 5.41) is 8.67. The molecule has 0 aliphatic carbocycles. The van der Waals surface area contributed by atoms with Crippen LogP contribution >= 0.6 is 29.4 Å². The lowest BCUT2D eigenvalue weighted by molar-refractivity contribution is -0.870. The molecule has 3 amide bonds. The van der Waals surface area contributed by atoms with E-state index in [0.717, 1.165) is 28.0 Å². The summed E-state index contributed by atoms with van der Waals surface area (Å²) in [6, 6.07) is 5.79. The fraction of sp³-hybridized carbons (Fsp3) is 0.612. The van der Waals surface area contributed by atoms with Gasteiger partial charge in [-0.3, -0.25) is 28.5 Å². The second kappa shape index (κ2) is 30.2. The number of fused-ring (bicyclic) bond motifs is 2. The molecule has 0 saturated carbocycles. The number of quaternary nitrogens is 1. The maximum absolute atomic E-state index is 17.1. The van der Waals surface area contributed by atoms with Crippen molar-refractivity contribution < 1.29 is 73.4 Å². The maximum atomic E-state index is 17.1. The lowest BCUT2D eigenvalue weighted by Gasteiger charge is -2.32. The van der Waals surface area contributed by atoms with E-state index in [2.05, 4.69) is 25.5 Å². The van der Waals surface area contributed by atoms with E-state index >= 15 is 8.63 Å². The molecule has 19 nitrogen and oxygen atoms in total. The van der Waals surface area contributed by atoms with Gasteiger partial charge in [0, 0.05) is 93.4 Å². The number of Topliss-reactive ketones (excluding diaryl/α,β-unsaturated/α-hetero) is 2. The standard InChI is InChI=1S/C49H75BF2N7O12PS3/c1-6-16-36-30-39(18-15-28-59(3,4)5)57-43(36)33-44-37(17-7-2)31-40(58(44)50(57,51)52)23-24-47(63)56-42(35-75(68,69)70)45(61)20-10-8-9-19-41(60)32-38(34-71-72(65,66)67)49(64)55-26-13-11-21-46(62)53-27-29-73-74-48-22-12-14-25-54-48/h12,14,22,25,30-31,33,38,42H,6-11,13,15-21,23-24,26-29,32,34-35H2,1-5H3,(H5-,53,55,56,62,63,64,65,66,67,68,69,70). The van der Waals surface area contributed by atoms with Crippen LogP contribution in [0.5, 0.6) is 0 Å². The van der Waals surface area contributed by atoms with Crippen molar-refractivity contribution in [1.29, 1.82) is 0 Å². The number of halogens is 2. The van der Waals surface area contributed by atoms with Gasteiger partial charge in [0.25, 0.3) is 0 Å². The highest BCUT2D eigenvalue weighted by Gasteiger charge is 2.54. The number of ketones is 2. The van der Waals surface area contributed by atoms with E-state index in [1.165, 1.54) is 15.3 Å². The molecule has 2 aromatic heterocycles. The van der Waals surface area contributed by atoms with Crippen molar-refractivity contribution in [2.75, 3.05) is 58.9 Å².